The number of benzene rings is 1. The van der Waals surface area contributed by atoms with Gasteiger partial charge in [0.2, 0.25) is 11.8 Å². The van der Waals surface area contributed by atoms with E-state index >= 15 is 0 Å². The minimum absolute atomic E-state index is 0. The summed E-state index contributed by atoms with van der Waals surface area (Å²) >= 11 is 0. The van der Waals surface area contributed by atoms with E-state index in [1.807, 2.05) is 39.0 Å². The van der Waals surface area contributed by atoms with E-state index in [-0.39, 0.29) is 36.7 Å². The van der Waals surface area contributed by atoms with E-state index in [0.29, 0.717) is 19.1 Å². The van der Waals surface area contributed by atoms with Crippen molar-refractivity contribution in [2.45, 2.75) is 39.8 Å². The molecule has 2 rings (SSSR count). The van der Waals surface area contributed by atoms with E-state index in [9.17, 15) is 9.59 Å². The molecule has 1 aliphatic rings. The van der Waals surface area contributed by atoms with Gasteiger partial charge in [-0.15, -0.1) is 12.4 Å². The number of nitrogens with two attached hydrogens (primary N) is 1. The lowest BCUT2D eigenvalue weighted by molar-refractivity contribution is -0.127. The van der Waals surface area contributed by atoms with Gasteiger partial charge in [0.1, 0.15) is 5.75 Å². The molecule has 4 N–H and O–H groups in total. The highest BCUT2D eigenvalue weighted by Crippen LogP contribution is 2.22. The van der Waals surface area contributed by atoms with Gasteiger partial charge < -0.3 is 25.8 Å². The Morgan fingerprint density at radius 1 is 1.32 bits per heavy atom. The first-order valence-corrected chi connectivity index (χ1v) is 9.47. The van der Waals surface area contributed by atoms with Crippen LogP contribution in [0.5, 0.6) is 5.75 Å². The van der Waals surface area contributed by atoms with Crippen LogP contribution in [0.15, 0.2) is 18.2 Å². The van der Waals surface area contributed by atoms with Crippen LogP contribution in [-0.4, -0.2) is 44.2 Å². The Morgan fingerprint density at radius 2 is 2.07 bits per heavy atom. The van der Waals surface area contributed by atoms with Crippen LogP contribution < -0.4 is 21.1 Å². The van der Waals surface area contributed by atoms with E-state index in [1.54, 1.807) is 0 Å². The third kappa shape index (κ3) is 7.66. The maximum atomic E-state index is 12.0. The van der Waals surface area contributed by atoms with Gasteiger partial charge in [0.15, 0.2) is 0 Å². The molecule has 1 aromatic rings. The second-order valence-corrected chi connectivity index (χ2v) is 7.42. The van der Waals surface area contributed by atoms with Crippen LogP contribution in [0.25, 0.3) is 0 Å². The van der Waals surface area contributed by atoms with Gasteiger partial charge in [0.25, 0.3) is 0 Å². The second kappa shape index (κ2) is 11.9. The molecule has 1 aromatic carbocycles. The summed E-state index contributed by atoms with van der Waals surface area (Å²) < 4.78 is 11.3. The zero-order chi connectivity index (χ0) is 19.8. The highest BCUT2D eigenvalue weighted by atomic mass is 35.5. The Hall–Kier alpha value is -1.83. The standard InChI is InChI=1S/C20H31N3O4.ClH/c1-13(2)19(21)20(25)23-10-18(24)22-9-16-5-4-14(3)8-17(16)27-12-15-6-7-26-11-15;/h4-5,8,13,15,19H,6-7,9-12,21H2,1-3H3,(H,22,24)(H,23,25);1H/t15?,19-;/m0./s1. The van der Waals surface area contributed by atoms with Crippen LogP contribution >= 0.6 is 12.4 Å². The lowest BCUT2D eigenvalue weighted by Crippen LogP contribution is -2.47. The molecular weight excluding hydrogens is 382 g/mol. The van der Waals surface area contributed by atoms with Crippen molar-refractivity contribution in [1.82, 2.24) is 10.6 Å². The van der Waals surface area contributed by atoms with Crippen LogP contribution in [0.4, 0.5) is 0 Å². The van der Waals surface area contributed by atoms with Gasteiger partial charge >= 0.3 is 0 Å². The molecule has 1 saturated heterocycles. The molecule has 2 amide bonds. The first-order chi connectivity index (χ1) is 12.9. The van der Waals surface area contributed by atoms with Gasteiger partial charge in [0, 0.05) is 24.6 Å². The van der Waals surface area contributed by atoms with Gasteiger partial charge in [-0.3, -0.25) is 9.59 Å². The molecule has 8 heteroatoms. The molecule has 2 atom stereocenters. The van der Waals surface area contributed by atoms with Gasteiger partial charge in [-0.2, -0.15) is 0 Å². The molecule has 0 aromatic heterocycles. The minimum Gasteiger partial charge on any atom is -0.493 e. The maximum Gasteiger partial charge on any atom is 0.239 e. The molecule has 1 fully saturated rings. The predicted octanol–water partition coefficient (Wildman–Crippen LogP) is 1.55. The number of ether oxygens (including phenoxy) is 2. The molecule has 1 aliphatic heterocycles. The Bertz CT molecular complexity index is 648. The first-order valence-electron chi connectivity index (χ1n) is 9.47. The monoisotopic (exact) mass is 413 g/mol. The van der Waals surface area contributed by atoms with Crippen molar-refractivity contribution < 1.29 is 19.1 Å². The molecule has 0 radical (unpaired) electrons. The van der Waals surface area contributed by atoms with Crippen LogP contribution in [0.1, 0.15) is 31.4 Å². The Labute approximate surface area is 173 Å². The molecular formula is C20H32ClN3O4. The summed E-state index contributed by atoms with van der Waals surface area (Å²) in [5.41, 5.74) is 7.76. The smallest absolute Gasteiger partial charge is 0.239 e. The summed E-state index contributed by atoms with van der Waals surface area (Å²) in [6.07, 6.45) is 1.01. The van der Waals surface area contributed by atoms with Crippen molar-refractivity contribution >= 4 is 24.2 Å². The van der Waals surface area contributed by atoms with Gasteiger partial charge in [0.05, 0.1) is 25.8 Å². The molecule has 0 aliphatic carbocycles. The number of carbonyl (C=O) groups excluding carboxylic acids is 2. The number of hydrogen-bond donors (Lipinski definition) is 3. The van der Waals surface area contributed by atoms with Crippen LogP contribution in [0, 0.1) is 18.8 Å². The van der Waals surface area contributed by atoms with E-state index < -0.39 is 6.04 Å². The Kier molecular flexibility index (Phi) is 10.3. The second-order valence-electron chi connectivity index (χ2n) is 7.42. The van der Waals surface area contributed by atoms with E-state index in [4.69, 9.17) is 15.2 Å². The molecule has 1 unspecified atom stereocenters. The van der Waals surface area contributed by atoms with Crippen molar-refractivity contribution in [2.75, 3.05) is 26.4 Å². The van der Waals surface area contributed by atoms with Crippen molar-refractivity contribution in [3.63, 3.8) is 0 Å². The zero-order valence-corrected chi connectivity index (χ0v) is 17.6. The average Bonchev–Trinajstić information content (AvgIpc) is 3.16. The van der Waals surface area contributed by atoms with Crippen molar-refractivity contribution in [2.24, 2.45) is 17.6 Å². The molecule has 1 heterocycles. The van der Waals surface area contributed by atoms with Crippen LogP contribution in [0.3, 0.4) is 0 Å². The molecule has 7 nitrogen and oxygen atoms in total. The first kappa shape index (κ1) is 24.2. The van der Waals surface area contributed by atoms with E-state index in [2.05, 4.69) is 10.6 Å². The lowest BCUT2D eigenvalue weighted by Gasteiger charge is -2.16. The average molecular weight is 414 g/mol. The topological polar surface area (TPSA) is 103 Å². The summed E-state index contributed by atoms with van der Waals surface area (Å²) in [6, 6.07) is 5.29. The highest BCUT2D eigenvalue weighted by Gasteiger charge is 2.18. The summed E-state index contributed by atoms with van der Waals surface area (Å²) in [4.78, 5) is 23.9. The van der Waals surface area contributed by atoms with Crippen molar-refractivity contribution in [1.29, 1.82) is 0 Å². The number of amides is 2. The van der Waals surface area contributed by atoms with Crippen molar-refractivity contribution in [3.8, 4) is 5.75 Å². The van der Waals surface area contributed by atoms with Gasteiger partial charge in [-0.25, -0.2) is 0 Å². The number of nitrogens with one attached hydrogen (secondary N) is 2. The SMILES string of the molecule is Cc1ccc(CNC(=O)CNC(=O)[C@@H](N)C(C)C)c(OCC2CCOC2)c1.Cl. The molecule has 0 saturated carbocycles. The zero-order valence-electron chi connectivity index (χ0n) is 16.8. The largest absolute Gasteiger partial charge is 0.493 e. The summed E-state index contributed by atoms with van der Waals surface area (Å²) in [5.74, 6) is 0.611. The number of halogens is 1. The summed E-state index contributed by atoms with van der Waals surface area (Å²) in [6.45, 7) is 8.09. The molecule has 28 heavy (non-hydrogen) atoms. The third-order valence-corrected chi connectivity index (χ3v) is 4.64. The van der Waals surface area contributed by atoms with Gasteiger partial charge in [-0.1, -0.05) is 26.0 Å². The molecule has 158 valence electrons. The predicted molar refractivity (Wildman–Crippen MR) is 111 cm³/mol. The summed E-state index contributed by atoms with van der Waals surface area (Å²) in [5, 5.41) is 5.38. The fraction of sp³-hybridized carbons (Fsp3) is 0.600. The minimum atomic E-state index is -0.616. The number of aryl methyl sites for hydroxylation is 1. The number of carbonyl (C=O) groups is 2. The fourth-order valence-electron chi connectivity index (χ4n) is 2.71. The van der Waals surface area contributed by atoms with Crippen molar-refractivity contribution in [3.05, 3.63) is 29.3 Å². The molecule has 0 spiro atoms. The van der Waals surface area contributed by atoms with E-state index in [1.165, 1.54) is 0 Å². The Balaban J connectivity index is 0.00000392. The lowest BCUT2D eigenvalue weighted by atomic mass is 10.1. The summed E-state index contributed by atoms with van der Waals surface area (Å²) in [7, 11) is 0. The highest BCUT2D eigenvalue weighted by molar-refractivity contribution is 5.87. The van der Waals surface area contributed by atoms with E-state index in [0.717, 1.165) is 36.5 Å². The third-order valence-electron chi connectivity index (χ3n) is 4.64. The Morgan fingerprint density at radius 3 is 2.71 bits per heavy atom. The fourth-order valence-corrected chi connectivity index (χ4v) is 2.71. The number of hydrogen-bond acceptors (Lipinski definition) is 5. The quantitative estimate of drug-likeness (QED) is 0.570. The van der Waals surface area contributed by atoms with Crippen LogP contribution in [0.2, 0.25) is 0 Å². The normalized spacial score (nSPS) is 17.0. The number of rotatable bonds is 9. The molecule has 0 bridgehead atoms. The van der Waals surface area contributed by atoms with Crippen LogP contribution in [-0.2, 0) is 20.9 Å². The maximum absolute atomic E-state index is 12.0. The van der Waals surface area contributed by atoms with Gasteiger partial charge in [-0.05, 0) is 30.9 Å².